The lowest BCUT2D eigenvalue weighted by atomic mass is 10.1. The molecule has 0 bridgehead atoms. The molecule has 0 fully saturated rings. The molecule has 104 valence electrons. The van der Waals surface area contributed by atoms with Gasteiger partial charge >= 0.3 is 0 Å². The molecule has 0 N–H and O–H groups in total. The Morgan fingerprint density at radius 1 is 1.00 bits per heavy atom. The second-order valence-corrected chi connectivity index (χ2v) is 5.38. The summed E-state index contributed by atoms with van der Waals surface area (Å²) in [4.78, 5) is 9.00. The van der Waals surface area contributed by atoms with Crippen molar-refractivity contribution in [3.05, 3.63) is 52.6 Å². The molecule has 1 aliphatic carbocycles. The van der Waals surface area contributed by atoms with Gasteiger partial charge in [-0.1, -0.05) is 36.2 Å². The summed E-state index contributed by atoms with van der Waals surface area (Å²) in [6, 6.07) is 9.69. The van der Waals surface area contributed by atoms with Gasteiger partial charge in [0.25, 0.3) is 0 Å². The van der Waals surface area contributed by atoms with Crippen LogP contribution >= 0.6 is 11.6 Å². The number of aromatic nitrogens is 2. The van der Waals surface area contributed by atoms with E-state index in [4.69, 9.17) is 16.3 Å². The maximum Gasteiger partial charge on any atom is 0.167 e. The van der Waals surface area contributed by atoms with Crippen molar-refractivity contribution in [1.29, 1.82) is 0 Å². The van der Waals surface area contributed by atoms with Crippen molar-refractivity contribution in [3.63, 3.8) is 0 Å². The number of benzene rings is 1. The van der Waals surface area contributed by atoms with Gasteiger partial charge in [0.05, 0.1) is 0 Å². The molecule has 0 saturated heterocycles. The number of hydrogen-bond donors (Lipinski definition) is 0. The van der Waals surface area contributed by atoms with E-state index in [0.29, 0.717) is 17.6 Å². The zero-order chi connectivity index (χ0) is 13.8. The molecule has 3 nitrogen and oxygen atoms in total. The molecule has 0 radical (unpaired) electrons. The van der Waals surface area contributed by atoms with Crippen LogP contribution < -0.4 is 4.74 Å². The summed E-state index contributed by atoms with van der Waals surface area (Å²) in [6.45, 7) is 0.358. The Hall–Kier alpha value is -1.61. The molecule has 0 amide bonds. The number of aryl methyl sites for hydroxylation is 1. The van der Waals surface area contributed by atoms with E-state index in [-0.39, 0.29) is 0 Å². The summed E-state index contributed by atoms with van der Waals surface area (Å²) >= 11 is 6.29. The van der Waals surface area contributed by atoms with E-state index in [9.17, 15) is 0 Å². The normalized spacial score (nSPS) is 14.4. The number of para-hydroxylation sites is 1. The number of rotatable bonds is 3. The summed E-state index contributed by atoms with van der Waals surface area (Å²) in [6.07, 6.45) is 5.59. The average Bonchev–Trinajstić information content (AvgIpc) is 2.72. The van der Waals surface area contributed by atoms with Crippen molar-refractivity contribution >= 4 is 11.6 Å². The van der Waals surface area contributed by atoms with Crippen molar-refractivity contribution in [1.82, 2.24) is 9.97 Å². The summed E-state index contributed by atoms with van der Waals surface area (Å²) in [7, 11) is 0. The molecule has 0 unspecified atom stereocenters. The van der Waals surface area contributed by atoms with E-state index in [0.717, 1.165) is 29.8 Å². The van der Waals surface area contributed by atoms with Crippen LogP contribution in [0.15, 0.2) is 30.3 Å². The maximum absolute atomic E-state index is 6.29. The molecular weight excluding hydrogens is 272 g/mol. The van der Waals surface area contributed by atoms with Crippen LogP contribution in [-0.4, -0.2) is 9.97 Å². The molecule has 0 aliphatic heterocycles. The van der Waals surface area contributed by atoms with Gasteiger partial charge in [-0.25, -0.2) is 9.97 Å². The third-order valence-corrected chi connectivity index (χ3v) is 3.85. The Labute approximate surface area is 124 Å². The predicted octanol–water partition coefficient (Wildman–Crippen LogP) is 3.98. The maximum atomic E-state index is 6.29. The topological polar surface area (TPSA) is 35.0 Å². The molecule has 0 atom stereocenters. The first kappa shape index (κ1) is 13.4. The van der Waals surface area contributed by atoms with Gasteiger partial charge in [0.2, 0.25) is 0 Å². The van der Waals surface area contributed by atoms with Gasteiger partial charge in [0.15, 0.2) is 5.82 Å². The molecule has 2 aromatic rings. The summed E-state index contributed by atoms with van der Waals surface area (Å²) in [5.41, 5.74) is 2.24. The lowest BCUT2D eigenvalue weighted by Gasteiger charge is -2.10. The summed E-state index contributed by atoms with van der Waals surface area (Å²) in [5.74, 6) is 1.49. The highest BCUT2D eigenvalue weighted by Gasteiger charge is 2.15. The monoisotopic (exact) mass is 288 g/mol. The van der Waals surface area contributed by atoms with E-state index >= 15 is 0 Å². The van der Waals surface area contributed by atoms with E-state index < -0.39 is 0 Å². The Kier molecular flexibility index (Phi) is 4.16. The number of hydrogen-bond acceptors (Lipinski definition) is 3. The lowest BCUT2D eigenvalue weighted by molar-refractivity contribution is 0.295. The third kappa shape index (κ3) is 3.10. The van der Waals surface area contributed by atoms with Crippen LogP contribution in [-0.2, 0) is 19.4 Å². The number of nitrogens with zero attached hydrogens (tertiary/aromatic N) is 2. The van der Waals surface area contributed by atoms with Crippen LogP contribution in [0.1, 0.15) is 36.3 Å². The van der Waals surface area contributed by atoms with Crippen LogP contribution in [0.4, 0.5) is 0 Å². The molecule has 20 heavy (non-hydrogen) atoms. The minimum absolute atomic E-state index is 0.358. The smallest absolute Gasteiger partial charge is 0.167 e. The summed E-state index contributed by atoms with van der Waals surface area (Å²) in [5, 5.41) is 0.601. The Morgan fingerprint density at radius 3 is 2.65 bits per heavy atom. The lowest BCUT2D eigenvalue weighted by Crippen LogP contribution is -2.07. The van der Waals surface area contributed by atoms with Crippen LogP contribution in [0.2, 0.25) is 5.15 Å². The SMILES string of the molecule is Clc1nc(COc2ccccc2)nc2c1CCCCC2. The van der Waals surface area contributed by atoms with Crippen molar-refractivity contribution in [2.45, 2.75) is 38.7 Å². The average molecular weight is 289 g/mol. The quantitative estimate of drug-likeness (QED) is 0.633. The molecule has 1 heterocycles. The Morgan fingerprint density at radius 2 is 1.80 bits per heavy atom. The predicted molar refractivity (Wildman–Crippen MR) is 79.1 cm³/mol. The van der Waals surface area contributed by atoms with Gasteiger partial charge in [-0.05, 0) is 37.8 Å². The van der Waals surface area contributed by atoms with Crippen LogP contribution in [0.3, 0.4) is 0 Å². The Balaban J connectivity index is 1.77. The largest absolute Gasteiger partial charge is 0.486 e. The van der Waals surface area contributed by atoms with Gasteiger partial charge in [-0.15, -0.1) is 0 Å². The van der Waals surface area contributed by atoms with E-state index in [1.165, 1.54) is 19.3 Å². The van der Waals surface area contributed by atoms with E-state index in [1.54, 1.807) is 0 Å². The van der Waals surface area contributed by atoms with Crippen molar-refractivity contribution in [2.24, 2.45) is 0 Å². The minimum atomic E-state index is 0.358. The van der Waals surface area contributed by atoms with E-state index in [1.807, 2.05) is 30.3 Å². The summed E-state index contributed by atoms with van der Waals surface area (Å²) < 4.78 is 5.69. The fraction of sp³-hybridized carbons (Fsp3) is 0.375. The van der Waals surface area contributed by atoms with Gasteiger partial charge < -0.3 is 4.74 Å². The molecule has 0 spiro atoms. The number of halogens is 1. The van der Waals surface area contributed by atoms with E-state index in [2.05, 4.69) is 9.97 Å². The molecule has 1 aromatic heterocycles. The fourth-order valence-corrected chi connectivity index (χ4v) is 2.80. The third-order valence-electron chi connectivity index (χ3n) is 3.54. The minimum Gasteiger partial charge on any atom is -0.486 e. The van der Waals surface area contributed by atoms with Gasteiger partial charge in [-0.3, -0.25) is 0 Å². The molecule has 1 aliphatic rings. The highest BCUT2D eigenvalue weighted by Crippen LogP contribution is 2.25. The first-order valence-corrected chi connectivity index (χ1v) is 7.43. The highest BCUT2D eigenvalue weighted by atomic mass is 35.5. The standard InChI is InChI=1S/C16H17ClN2O/c17-16-13-9-5-2-6-10-14(13)18-15(19-16)11-20-12-7-3-1-4-8-12/h1,3-4,7-8H,2,5-6,9-11H2. The Bertz CT molecular complexity index is 587. The first-order valence-electron chi connectivity index (χ1n) is 7.05. The van der Waals surface area contributed by atoms with Crippen molar-refractivity contribution in [3.8, 4) is 5.75 Å². The van der Waals surface area contributed by atoms with Gasteiger partial charge in [0.1, 0.15) is 17.5 Å². The number of ether oxygens (including phenoxy) is 1. The van der Waals surface area contributed by atoms with Crippen molar-refractivity contribution < 1.29 is 4.74 Å². The first-order chi connectivity index (χ1) is 9.83. The fourth-order valence-electron chi connectivity index (χ4n) is 2.50. The molecular formula is C16H17ClN2O. The molecule has 1 aromatic carbocycles. The second-order valence-electron chi connectivity index (χ2n) is 5.02. The van der Waals surface area contributed by atoms with Crippen LogP contribution in [0, 0.1) is 0 Å². The van der Waals surface area contributed by atoms with Crippen molar-refractivity contribution in [2.75, 3.05) is 0 Å². The van der Waals surface area contributed by atoms with Gasteiger partial charge in [0, 0.05) is 11.3 Å². The zero-order valence-electron chi connectivity index (χ0n) is 11.3. The highest BCUT2D eigenvalue weighted by molar-refractivity contribution is 6.30. The molecule has 3 rings (SSSR count). The molecule has 0 saturated carbocycles. The zero-order valence-corrected chi connectivity index (χ0v) is 12.1. The van der Waals surface area contributed by atoms with Crippen LogP contribution in [0.25, 0.3) is 0 Å². The number of fused-ring (bicyclic) bond motifs is 1. The van der Waals surface area contributed by atoms with Gasteiger partial charge in [-0.2, -0.15) is 0 Å². The molecule has 4 heteroatoms. The van der Waals surface area contributed by atoms with Crippen LogP contribution in [0.5, 0.6) is 5.75 Å². The second kappa shape index (κ2) is 6.23.